The molecule has 1 saturated heterocycles. The van der Waals surface area contributed by atoms with Crippen LogP contribution in [0.1, 0.15) is 18.9 Å². The molecule has 3 nitrogen and oxygen atoms in total. The highest BCUT2D eigenvalue weighted by Crippen LogP contribution is 2.20. The maximum Gasteiger partial charge on any atom is 0.125 e. The Labute approximate surface area is 96.3 Å². The van der Waals surface area contributed by atoms with E-state index in [1.165, 1.54) is 0 Å². The lowest BCUT2D eigenvalue weighted by Crippen LogP contribution is -2.19. The lowest BCUT2D eigenvalue weighted by atomic mass is 10.0. The van der Waals surface area contributed by atoms with E-state index in [9.17, 15) is 0 Å². The van der Waals surface area contributed by atoms with Gasteiger partial charge >= 0.3 is 0 Å². The van der Waals surface area contributed by atoms with Crippen molar-refractivity contribution in [2.75, 3.05) is 13.2 Å². The summed E-state index contributed by atoms with van der Waals surface area (Å²) in [6, 6.07) is 9.88. The summed E-state index contributed by atoms with van der Waals surface area (Å²) < 4.78 is 5.49. The maximum absolute atomic E-state index is 5.93. The number of hydrogen-bond acceptors (Lipinski definition) is 2. The molecule has 0 amide bonds. The van der Waals surface area contributed by atoms with Gasteiger partial charge in [0.25, 0.3) is 0 Å². The second-order valence-corrected chi connectivity index (χ2v) is 4.22. The summed E-state index contributed by atoms with van der Waals surface area (Å²) in [6.45, 7) is 3.72. The van der Waals surface area contributed by atoms with Gasteiger partial charge < -0.3 is 10.5 Å². The molecule has 1 fully saturated rings. The second-order valence-electron chi connectivity index (χ2n) is 4.22. The molecule has 0 aliphatic carbocycles. The highest BCUT2D eigenvalue weighted by atomic mass is 16.5. The molecule has 0 bridgehead atoms. The van der Waals surface area contributed by atoms with Crippen molar-refractivity contribution in [1.82, 2.24) is 0 Å². The van der Waals surface area contributed by atoms with E-state index in [0.717, 1.165) is 25.1 Å². The van der Waals surface area contributed by atoms with Crippen LogP contribution >= 0.6 is 0 Å². The van der Waals surface area contributed by atoms with Gasteiger partial charge in [-0.3, -0.25) is 4.99 Å². The van der Waals surface area contributed by atoms with Crippen molar-refractivity contribution < 1.29 is 4.74 Å². The lowest BCUT2D eigenvalue weighted by Gasteiger charge is -2.11. The van der Waals surface area contributed by atoms with Gasteiger partial charge in [0.05, 0.1) is 6.10 Å². The molecule has 16 heavy (non-hydrogen) atoms. The summed E-state index contributed by atoms with van der Waals surface area (Å²) in [7, 11) is 0. The van der Waals surface area contributed by atoms with Crippen LogP contribution in [-0.4, -0.2) is 25.1 Å². The lowest BCUT2D eigenvalue weighted by molar-refractivity contribution is 0.107. The summed E-state index contributed by atoms with van der Waals surface area (Å²) in [5.74, 6) is 1.14. The zero-order valence-corrected chi connectivity index (χ0v) is 9.60. The predicted octanol–water partition coefficient (Wildman–Crippen LogP) is 1.82. The van der Waals surface area contributed by atoms with E-state index in [4.69, 9.17) is 10.5 Å². The van der Waals surface area contributed by atoms with E-state index in [-0.39, 0.29) is 0 Å². The van der Waals surface area contributed by atoms with Crippen LogP contribution < -0.4 is 5.73 Å². The molecule has 1 aliphatic heterocycles. The van der Waals surface area contributed by atoms with Crippen molar-refractivity contribution in [2.24, 2.45) is 16.6 Å². The van der Waals surface area contributed by atoms with Crippen molar-refractivity contribution in [3.63, 3.8) is 0 Å². The molecule has 2 rings (SSSR count). The van der Waals surface area contributed by atoms with Crippen LogP contribution in [0.4, 0.5) is 0 Å². The van der Waals surface area contributed by atoms with Crippen molar-refractivity contribution in [3.05, 3.63) is 35.9 Å². The van der Waals surface area contributed by atoms with Gasteiger partial charge in [0.15, 0.2) is 0 Å². The predicted molar refractivity (Wildman–Crippen MR) is 65.6 cm³/mol. The minimum Gasteiger partial charge on any atom is -0.384 e. The van der Waals surface area contributed by atoms with Crippen LogP contribution in [0.3, 0.4) is 0 Å². The number of ether oxygens (including phenoxy) is 1. The van der Waals surface area contributed by atoms with Crippen LogP contribution in [0.2, 0.25) is 0 Å². The summed E-state index contributed by atoms with van der Waals surface area (Å²) in [6.07, 6.45) is 1.40. The molecule has 2 unspecified atom stereocenters. The number of nitrogens with zero attached hydrogens (tertiary/aromatic N) is 1. The number of hydrogen-bond donors (Lipinski definition) is 1. The zero-order chi connectivity index (χ0) is 11.4. The van der Waals surface area contributed by atoms with Crippen LogP contribution in [-0.2, 0) is 4.74 Å². The summed E-state index contributed by atoms with van der Waals surface area (Å²) >= 11 is 0. The second kappa shape index (κ2) is 5.12. The van der Waals surface area contributed by atoms with Crippen LogP contribution in [0, 0.1) is 5.92 Å². The minimum atomic E-state index is 0.312. The van der Waals surface area contributed by atoms with Gasteiger partial charge in [-0.05, 0) is 13.3 Å². The van der Waals surface area contributed by atoms with Crippen LogP contribution in [0.15, 0.2) is 35.3 Å². The van der Waals surface area contributed by atoms with Gasteiger partial charge in [0.1, 0.15) is 5.84 Å². The molecule has 0 saturated carbocycles. The zero-order valence-electron chi connectivity index (χ0n) is 9.60. The first kappa shape index (κ1) is 11.1. The van der Waals surface area contributed by atoms with Crippen molar-refractivity contribution in [2.45, 2.75) is 19.4 Å². The fourth-order valence-electron chi connectivity index (χ4n) is 1.93. The summed E-state index contributed by atoms with van der Waals surface area (Å²) in [5, 5.41) is 0. The molecule has 2 atom stereocenters. The van der Waals surface area contributed by atoms with Gasteiger partial charge in [-0.25, -0.2) is 0 Å². The quantitative estimate of drug-likeness (QED) is 0.621. The standard InChI is InChI=1S/C13H18N2O/c1-10-12(7-8-16-10)9-15-13(14)11-5-3-2-4-6-11/h2-6,10,12H,7-9H2,1H3,(H2,14,15). The first-order valence-electron chi connectivity index (χ1n) is 5.74. The Hall–Kier alpha value is -1.35. The van der Waals surface area contributed by atoms with E-state index in [1.54, 1.807) is 0 Å². The molecule has 1 heterocycles. The van der Waals surface area contributed by atoms with Gasteiger partial charge in [0, 0.05) is 24.6 Å². The highest BCUT2D eigenvalue weighted by Gasteiger charge is 2.23. The Morgan fingerprint density at radius 1 is 1.44 bits per heavy atom. The number of benzene rings is 1. The molecule has 1 aromatic carbocycles. The summed E-state index contributed by atoms with van der Waals surface area (Å²) in [4.78, 5) is 4.44. The third-order valence-electron chi connectivity index (χ3n) is 3.10. The maximum atomic E-state index is 5.93. The third-order valence-corrected chi connectivity index (χ3v) is 3.10. The Bertz CT molecular complexity index is 361. The van der Waals surface area contributed by atoms with Crippen molar-refractivity contribution in [1.29, 1.82) is 0 Å². The topological polar surface area (TPSA) is 47.6 Å². The first-order chi connectivity index (χ1) is 7.77. The average Bonchev–Trinajstić information content (AvgIpc) is 2.73. The van der Waals surface area contributed by atoms with Crippen LogP contribution in [0.25, 0.3) is 0 Å². The minimum absolute atomic E-state index is 0.312. The average molecular weight is 218 g/mol. The number of nitrogens with two attached hydrogens (primary N) is 1. The normalized spacial score (nSPS) is 25.9. The van der Waals surface area contributed by atoms with E-state index in [2.05, 4.69) is 11.9 Å². The molecule has 0 aromatic heterocycles. The SMILES string of the molecule is CC1OCCC1CN=C(N)c1ccccc1. The van der Waals surface area contributed by atoms with Crippen molar-refractivity contribution in [3.8, 4) is 0 Å². The number of rotatable bonds is 3. The smallest absolute Gasteiger partial charge is 0.125 e. The molecule has 0 spiro atoms. The molecule has 1 aromatic rings. The number of amidine groups is 1. The Morgan fingerprint density at radius 3 is 2.81 bits per heavy atom. The summed E-state index contributed by atoms with van der Waals surface area (Å²) in [5.41, 5.74) is 6.92. The van der Waals surface area contributed by atoms with Gasteiger partial charge in [0.2, 0.25) is 0 Å². The molecule has 0 radical (unpaired) electrons. The highest BCUT2D eigenvalue weighted by molar-refractivity contribution is 5.97. The Balaban J connectivity index is 1.97. The Morgan fingerprint density at radius 2 is 2.19 bits per heavy atom. The molecular weight excluding hydrogens is 200 g/mol. The van der Waals surface area contributed by atoms with Crippen molar-refractivity contribution >= 4 is 5.84 Å². The van der Waals surface area contributed by atoms with E-state index < -0.39 is 0 Å². The number of aliphatic imine (C=N–C) groups is 1. The van der Waals surface area contributed by atoms with E-state index >= 15 is 0 Å². The molecule has 3 heteroatoms. The molecule has 1 aliphatic rings. The van der Waals surface area contributed by atoms with Gasteiger partial charge in [-0.1, -0.05) is 30.3 Å². The van der Waals surface area contributed by atoms with E-state index in [0.29, 0.717) is 17.9 Å². The van der Waals surface area contributed by atoms with Gasteiger partial charge in [-0.15, -0.1) is 0 Å². The Kier molecular flexibility index (Phi) is 3.57. The third kappa shape index (κ3) is 2.61. The fraction of sp³-hybridized carbons (Fsp3) is 0.462. The van der Waals surface area contributed by atoms with Crippen LogP contribution in [0.5, 0.6) is 0 Å². The first-order valence-corrected chi connectivity index (χ1v) is 5.74. The molecule has 2 N–H and O–H groups in total. The largest absolute Gasteiger partial charge is 0.384 e. The molecular formula is C13H18N2O. The monoisotopic (exact) mass is 218 g/mol. The van der Waals surface area contributed by atoms with Gasteiger partial charge in [-0.2, -0.15) is 0 Å². The fourth-order valence-corrected chi connectivity index (χ4v) is 1.93. The van der Waals surface area contributed by atoms with E-state index in [1.807, 2.05) is 30.3 Å². The molecule has 86 valence electrons.